The van der Waals surface area contributed by atoms with E-state index >= 15 is 0 Å². The fourth-order valence-corrected chi connectivity index (χ4v) is 3.17. The lowest BCUT2D eigenvalue weighted by atomic mass is 10.2. The van der Waals surface area contributed by atoms with Gasteiger partial charge >= 0.3 is 0 Å². The summed E-state index contributed by atoms with van der Waals surface area (Å²) in [5, 5.41) is 9.00. The number of methoxy groups -OCH3 is 1. The first-order valence-corrected chi connectivity index (χ1v) is 8.88. The Bertz CT molecular complexity index is 798. The molecular weight excluding hydrogens is 334 g/mol. The second-order valence-electron chi connectivity index (χ2n) is 5.65. The van der Waals surface area contributed by atoms with Gasteiger partial charge in [-0.3, -0.25) is 9.69 Å². The van der Waals surface area contributed by atoms with Gasteiger partial charge in [-0.2, -0.15) is 5.10 Å². The van der Waals surface area contributed by atoms with Crippen LogP contribution in [0.5, 0.6) is 5.75 Å². The average molecular weight is 353 g/mol. The Hall–Kier alpha value is -2.60. The molecule has 128 valence electrons. The molecule has 0 aliphatic carbocycles. The average Bonchev–Trinajstić information content (AvgIpc) is 2.97. The summed E-state index contributed by atoms with van der Waals surface area (Å²) < 4.78 is 5.16. The van der Waals surface area contributed by atoms with Crippen LogP contribution in [-0.4, -0.2) is 35.1 Å². The van der Waals surface area contributed by atoms with Crippen LogP contribution in [0, 0.1) is 6.92 Å². The van der Waals surface area contributed by atoms with Crippen molar-refractivity contribution in [1.82, 2.24) is 4.90 Å². The molecule has 0 aromatic heterocycles. The Morgan fingerprint density at radius 3 is 2.56 bits per heavy atom. The number of rotatable bonds is 5. The number of ether oxygens (including phenoxy) is 1. The lowest BCUT2D eigenvalue weighted by Crippen LogP contribution is -2.28. The molecule has 5 nitrogen and oxygen atoms in total. The van der Waals surface area contributed by atoms with Gasteiger partial charge in [-0.05, 0) is 30.2 Å². The summed E-state index contributed by atoms with van der Waals surface area (Å²) in [6, 6.07) is 15.7. The van der Waals surface area contributed by atoms with Gasteiger partial charge in [0.05, 0.1) is 25.6 Å². The van der Waals surface area contributed by atoms with E-state index in [1.165, 1.54) is 17.3 Å². The quantitative estimate of drug-likeness (QED) is 0.611. The molecule has 1 aliphatic rings. The van der Waals surface area contributed by atoms with Crippen molar-refractivity contribution in [2.24, 2.45) is 10.2 Å². The summed E-state index contributed by atoms with van der Waals surface area (Å²) in [4.78, 5) is 13.8. The van der Waals surface area contributed by atoms with Crippen LogP contribution in [0.1, 0.15) is 16.7 Å². The maximum atomic E-state index is 12.1. The van der Waals surface area contributed by atoms with E-state index in [9.17, 15) is 4.79 Å². The highest BCUT2D eigenvalue weighted by molar-refractivity contribution is 8.15. The lowest BCUT2D eigenvalue weighted by Gasteiger charge is -2.15. The minimum Gasteiger partial charge on any atom is -0.497 e. The maximum Gasteiger partial charge on any atom is 0.239 e. The van der Waals surface area contributed by atoms with E-state index in [-0.39, 0.29) is 5.91 Å². The fourth-order valence-electron chi connectivity index (χ4n) is 2.34. The number of nitrogens with zero attached hydrogens (tertiary/aromatic N) is 3. The minimum atomic E-state index is 0.0464. The van der Waals surface area contributed by atoms with Gasteiger partial charge in [0.1, 0.15) is 5.75 Å². The van der Waals surface area contributed by atoms with Gasteiger partial charge in [0.25, 0.3) is 0 Å². The van der Waals surface area contributed by atoms with Crippen LogP contribution >= 0.6 is 11.8 Å². The number of aryl methyl sites for hydroxylation is 1. The first-order chi connectivity index (χ1) is 12.2. The summed E-state index contributed by atoms with van der Waals surface area (Å²) in [6.07, 6.45) is 1.70. The molecule has 0 saturated carbocycles. The van der Waals surface area contributed by atoms with E-state index in [0.717, 1.165) is 16.9 Å². The standard InChI is InChI=1S/C19H19N3O2S/c1-14-3-5-15(6-4-14)11-20-21-19-22(18(23)13-25-19)12-16-7-9-17(24-2)10-8-16/h3-11H,12-13H2,1-2H3/b20-11-,21-19+. The second-order valence-corrected chi connectivity index (χ2v) is 6.60. The summed E-state index contributed by atoms with van der Waals surface area (Å²) in [5.74, 6) is 1.24. The van der Waals surface area contributed by atoms with E-state index < -0.39 is 0 Å². The predicted molar refractivity (Wildman–Crippen MR) is 102 cm³/mol. The topological polar surface area (TPSA) is 54.3 Å². The number of benzene rings is 2. The Morgan fingerprint density at radius 2 is 1.88 bits per heavy atom. The van der Waals surface area contributed by atoms with Crippen LogP contribution in [0.4, 0.5) is 0 Å². The number of carbonyl (C=O) groups excluding carboxylic acids is 1. The zero-order valence-corrected chi connectivity index (χ0v) is 15.0. The van der Waals surface area contributed by atoms with Crippen molar-refractivity contribution in [3.05, 3.63) is 65.2 Å². The molecule has 0 radical (unpaired) electrons. The first kappa shape index (κ1) is 17.2. The Kier molecular flexibility index (Phi) is 5.50. The van der Waals surface area contributed by atoms with E-state index in [0.29, 0.717) is 17.5 Å². The third kappa shape index (κ3) is 4.48. The molecule has 3 rings (SSSR count). The molecule has 0 unspecified atom stereocenters. The molecule has 6 heteroatoms. The first-order valence-electron chi connectivity index (χ1n) is 7.89. The van der Waals surface area contributed by atoms with E-state index in [1.54, 1.807) is 18.2 Å². The van der Waals surface area contributed by atoms with Gasteiger partial charge in [0.15, 0.2) is 5.17 Å². The largest absolute Gasteiger partial charge is 0.497 e. The van der Waals surface area contributed by atoms with Crippen molar-refractivity contribution in [2.75, 3.05) is 12.9 Å². The number of carbonyl (C=O) groups is 1. The highest BCUT2D eigenvalue weighted by Gasteiger charge is 2.28. The van der Waals surface area contributed by atoms with Gasteiger partial charge in [-0.1, -0.05) is 53.7 Å². The van der Waals surface area contributed by atoms with Crippen LogP contribution in [0.3, 0.4) is 0 Å². The minimum absolute atomic E-state index is 0.0464. The van der Waals surface area contributed by atoms with Gasteiger partial charge in [-0.25, -0.2) is 0 Å². The van der Waals surface area contributed by atoms with Crippen LogP contribution in [0.2, 0.25) is 0 Å². The van der Waals surface area contributed by atoms with Gasteiger partial charge in [0, 0.05) is 0 Å². The van der Waals surface area contributed by atoms with E-state index in [2.05, 4.69) is 10.2 Å². The highest BCUT2D eigenvalue weighted by Crippen LogP contribution is 2.23. The molecule has 0 atom stereocenters. The van der Waals surface area contributed by atoms with Crippen molar-refractivity contribution in [3.63, 3.8) is 0 Å². The third-order valence-electron chi connectivity index (χ3n) is 3.78. The van der Waals surface area contributed by atoms with Crippen molar-refractivity contribution in [3.8, 4) is 5.75 Å². The monoisotopic (exact) mass is 353 g/mol. The van der Waals surface area contributed by atoms with Gasteiger partial charge < -0.3 is 4.74 Å². The van der Waals surface area contributed by atoms with E-state index in [1.807, 2.05) is 55.5 Å². The van der Waals surface area contributed by atoms with Crippen molar-refractivity contribution in [2.45, 2.75) is 13.5 Å². The third-order valence-corrected chi connectivity index (χ3v) is 4.74. The number of amidine groups is 1. The fraction of sp³-hybridized carbons (Fsp3) is 0.211. The molecule has 0 bridgehead atoms. The van der Waals surface area contributed by atoms with Crippen molar-refractivity contribution >= 4 is 29.1 Å². The van der Waals surface area contributed by atoms with Crippen LogP contribution < -0.4 is 4.74 Å². The number of hydrogen-bond donors (Lipinski definition) is 0. The SMILES string of the molecule is COc1ccc(CN2C(=O)CS/C2=N/N=C\c2ccc(C)cc2)cc1. The summed E-state index contributed by atoms with van der Waals surface area (Å²) >= 11 is 1.41. The molecule has 1 fully saturated rings. The summed E-state index contributed by atoms with van der Waals surface area (Å²) in [6.45, 7) is 2.52. The number of thioether (sulfide) groups is 1. The smallest absolute Gasteiger partial charge is 0.239 e. The van der Waals surface area contributed by atoms with Gasteiger partial charge in [0.2, 0.25) is 5.91 Å². The highest BCUT2D eigenvalue weighted by atomic mass is 32.2. The normalized spacial score (nSPS) is 16.2. The molecule has 25 heavy (non-hydrogen) atoms. The zero-order chi connectivity index (χ0) is 17.6. The van der Waals surface area contributed by atoms with Crippen molar-refractivity contribution in [1.29, 1.82) is 0 Å². The molecule has 0 N–H and O–H groups in total. The Morgan fingerprint density at radius 1 is 1.16 bits per heavy atom. The van der Waals surface area contributed by atoms with Crippen LogP contribution in [-0.2, 0) is 11.3 Å². The molecule has 1 aliphatic heterocycles. The Balaban J connectivity index is 1.70. The molecular formula is C19H19N3O2S. The molecule has 0 spiro atoms. The zero-order valence-electron chi connectivity index (χ0n) is 14.2. The van der Waals surface area contributed by atoms with Crippen molar-refractivity contribution < 1.29 is 9.53 Å². The number of hydrogen-bond acceptors (Lipinski definition) is 5. The number of amides is 1. The molecule has 1 amide bonds. The predicted octanol–water partition coefficient (Wildman–Crippen LogP) is 3.47. The lowest BCUT2D eigenvalue weighted by molar-refractivity contribution is -0.124. The second kappa shape index (κ2) is 7.98. The van der Waals surface area contributed by atoms with Crippen LogP contribution in [0.15, 0.2) is 58.7 Å². The molecule has 2 aromatic carbocycles. The molecule has 2 aromatic rings. The molecule has 1 saturated heterocycles. The summed E-state index contributed by atoms with van der Waals surface area (Å²) in [5.41, 5.74) is 3.20. The maximum absolute atomic E-state index is 12.1. The van der Waals surface area contributed by atoms with Crippen LogP contribution in [0.25, 0.3) is 0 Å². The summed E-state index contributed by atoms with van der Waals surface area (Å²) in [7, 11) is 1.63. The Labute approximate surface area is 151 Å². The van der Waals surface area contributed by atoms with Gasteiger partial charge in [-0.15, -0.1) is 5.10 Å². The molecule has 1 heterocycles. The van der Waals surface area contributed by atoms with E-state index in [4.69, 9.17) is 4.74 Å².